The second-order valence-corrected chi connectivity index (χ2v) is 9.73. The SMILES string of the molecule is CCC(C)C1NC(=O)[C@H](CC(N)=O)NC(=O)[C@H](C)NC(=O)C(CO)NC(=O)C(NC)CSC1C(=O)O. The molecular weight excluding hydrogens is 496 g/mol. The van der Waals surface area contributed by atoms with E-state index >= 15 is 0 Å². The Balaban J connectivity index is 3.47. The zero-order valence-corrected chi connectivity index (χ0v) is 21.5. The molecular formula is C21H36N6O8S. The van der Waals surface area contributed by atoms with Gasteiger partial charge in [-0.15, -0.1) is 11.8 Å². The number of aliphatic hydroxyl groups is 1. The van der Waals surface area contributed by atoms with E-state index in [0.717, 1.165) is 11.8 Å². The van der Waals surface area contributed by atoms with Crippen molar-refractivity contribution >= 4 is 47.3 Å². The lowest BCUT2D eigenvalue weighted by molar-refractivity contribution is -0.138. The van der Waals surface area contributed by atoms with Crippen LogP contribution in [0.5, 0.6) is 0 Å². The Bertz CT molecular complexity index is 843. The van der Waals surface area contributed by atoms with Crippen LogP contribution in [0.1, 0.15) is 33.6 Å². The summed E-state index contributed by atoms with van der Waals surface area (Å²) in [5, 5.41) is 30.8. The van der Waals surface area contributed by atoms with Crippen LogP contribution in [0.4, 0.5) is 0 Å². The summed E-state index contributed by atoms with van der Waals surface area (Å²) in [4.78, 5) is 74.8. The fourth-order valence-electron chi connectivity index (χ4n) is 3.41. The summed E-state index contributed by atoms with van der Waals surface area (Å²) in [5.41, 5.74) is 5.25. The molecule has 1 fully saturated rings. The van der Waals surface area contributed by atoms with Crippen molar-refractivity contribution in [2.24, 2.45) is 11.7 Å². The van der Waals surface area contributed by atoms with E-state index in [-0.39, 0.29) is 11.7 Å². The van der Waals surface area contributed by atoms with Crippen LogP contribution in [0.25, 0.3) is 0 Å². The first-order valence-electron chi connectivity index (χ1n) is 11.5. The third kappa shape index (κ3) is 8.95. The number of rotatable bonds is 7. The Morgan fingerprint density at radius 2 is 1.64 bits per heavy atom. The lowest BCUT2D eigenvalue weighted by Crippen LogP contribution is -2.60. The Labute approximate surface area is 213 Å². The molecule has 1 aliphatic heterocycles. The molecule has 9 N–H and O–H groups in total. The number of aliphatic carboxylic acids is 1. The molecule has 36 heavy (non-hydrogen) atoms. The van der Waals surface area contributed by atoms with Gasteiger partial charge in [-0.1, -0.05) is 20.3 Å². The van der Waals surface area contributed by atoms with Crippen LogP contribution < -0.4 is 32.3 Å². The van der Waals surface area contributed by atoms with Gasteiger partial charge < -0.3 is 42.5 Å². The maximum absolute atomic E-state index is 13.1. The molecule has 0 radical (unpaired) electrons. The molecule has 1 heterocycles. The van der Waals surface area contributed by atoms with Crippen molar-refractivity contribution in [3.05, 3.63) is 0 Å². The van der Waals surface area contributed by atoms with Crippen molar-refractivity contribution in [2.75, 3.05) is 19.4 Å². The van der Waals surface area contributed by atoms with E-state index in [1.807, 2.05) is 6.92 Å². The molecule has 204 valence electrons. The molecule has 0 bridgehead atoms. The topological polar surface area (TPSA) is 229 Å². The number of primary amides is 1. The second-order valence-electron chi connectivity index (χ2n) is 8.56. The van der Waals surface area contributed by atoms with Crippen LogP contribution in [-0.4, -0.2) is 101 Å². The molecule has 14 nitrogen and oxygen atoms in total. The average molecular weight is 533 g/mol. The highest BCUT2D eigenvalue weighted by Crippen LogP contribution is 2.24. The molecule has 0 aliphatic carbocycles. The van der Waals surface area contributed by atoms with Gasteiger partial charge in [-0.2, -0.15) is 0 Å². The van der Waals surface area contributed by atoms with Gasteiger partial charge in [-0.3, -0.25) is 28.8 Å². The highest BCUT2D eigenvalue weighted by molar-refractivity contribution is 8.00. The molecule has 1 saturated heterocycles. The minimum atomic E-state index is -1.42. The molecule has 5 amide bonds. The first kappa shape index (κ1) is 31.1. The van der Waals surface area contributed by atoms with E-state index in [2.05, 4.69) is 26.6 Å². The molecule has 0 spiro atoms. The van der Waals surface area contributed by atoms with Crippen LogP contribution in [0.15, 0.2) is 0 Å². The largest absolute Gasteiger partial charge is 0.480 e. The number of hydrogen-bond acceptors (Lipinski definition) is 9. The van der Waals surface area contributed by atoms with Crippen molar-refractivity contribution in [3.8, 4) is 0 Å². The number of nitrogens with one attached hydrogen (secondary N) is 5. The maximum atomic E-state index is 13.1. The summed E-state index contributed by atoms with van der Waals surface area (Å²) in [7, 11) is 1.47. The van der Waals surface area contributed by atoms with E-state index in [9.17, 15) is 39.0 Å². The molecule has 1 rings (SSSR count). The van der Waals surface area contributed by atoms with Crippen LogP contribution in [0.2, 0.25) is 0 Å². The third-order valence-electron chi connectivity index (χ3n) is 5.85. The number of aliphatic hydroxyl groups excluding tert-OH is 1. The first-order chi connectivity index (χ1) is 16.9. The summed E-state index contributed by atoms with van der Waals surface area (Å²) in [5.74, 6) is -5.68. The summed E-state index contributed by atoms with van der Waals surface area (Å²) in [6.45, 7) is 4.09. The van der Waals surface area contributed by atoms with Gasteiger partial charge in [0.25, 0.3) is 0 Å². The molecule has 0 aromatic heterocycles. The Hall–Kier alpha value is -2.91. The third-order valence-corrected chi connectivity index (χ3v) is 7.23. The first-order valence-corrected chi connectivity index (χ1v) is 12.5. The number of carboxylic acid groups (broad SMARTS) is 1. The molecule has 0 aromatic rings. The van der Waals surface area contributed by atoms with Gasteiger partial charge in [0.05, 0.1) is 25.1 Å². The quantitative estimate of drug-likeness (QED) is 0.162. The smallest absolute Gasteiger partial charge is 0.318 e. The minimum absolute atomic E-state index is 0.0419. The van der Waals surface area contributed by atoms with Gasteiger partial charge in [-0.25, -0.2) is 0 Å². The summed E-state index contributed by atoms with van der Waals surface area (Å²) >= 11 is 0.902. The van der Waals surface area contributed by atoms with E-state index in [4.69, 9.17) is 5.73 Å². The Kier molecular flexibility index (Phi) is 12.6. The number of nitrogens with two attached hydrogens (primary N) is 1. The van der Waals surface area contributed by atoms with Crippen molar-refractivity contribution in [1.82, 2.24) is 26.6 Å². The van der Waals surface area contributed by atoms with Gasteiger partial charge >= 0.3 is 5.97 Å². The predicted molar refractivity (Wildman–Crippen MR) is 130 cm³/mol. The number of hydrogen-bond donors (Lipinski definition) is 8. The normalized spacial score (nSPS) is 29.8. The summed E-state index contributed by atoms with van der Waals surface area (Å²) in [6.07, 6.45) is -0.0627. The minimum Gasteiger partial charge on any atom is -0.480 e. The van der Waals surface area contributed by atoms with Crippen molar-refractivity contribution in [1.29, 1.82) is 0 Å². The highest BCUT2D eigenvalue weighted by atomic mass is 32.2. The maximum Gasteiger partial charge on any atom is 0.318 e. The van der Waals surface area contributed by atoms with Crippen LogP contribution in [0.3, 0.4) is 0 Å². The van der Waals surface area contributed by atoms with Gasteiger partial charge in [0, 0.05) is 5.75 Å². The van der Waals surface area contributed by atoms with Crippen molar-refractivity contribution in [3.63, 3.8) is 0 Å². The van der Waals surface area contributed by atoms with Gasteiger partial charge in [0.1, 0.15) is 23.4 Å². The van der Waals surface area contributed by atoms with Gasteiger partial charge in [-0.05, 0) is 19.9 Å². The fourth-order valence-corrected chi connectivity index (χ4v) is 4.81. The Morgan fingerprint density at radius 1 is 1.06 bits per heavy atom. The van der Waals surface area contributed by atoms with E-state index in [0.29, 0.717) is 6.42 Å². The van der Waals surface area contributed by atoms with Gasteiger partial charge in [0.2, 0.25) is 29.5 Å². The number of carboxylic acids is 1. The van der Waals surface area contributed by atoms with E-state index < -0.39 is 84.0 Å². The number of carbonyl (C=O) groups excluding carboxylic acids is 5. The monoisotopic (exact) mass is 532 g/mol. The lowest BCUT2D eigenvalue weighted by atomic mass is 9.95. The van der Waals surface area contributed by atoms with Gasteiger partial charge in [0.15, 0.2) is 0 Å². The highest BCUT2D eigenvalue weighted by Gasteiger charge is 2.37. The number of amides is 5. The fraction of sp³-hybridized carbons (Fsp3) is 0.714. The lowest BCUT2D eigenvalue weighted by Gasteiger charge is -2.32. The summed E-state index contributed by atoms with van der Waals surface area (Å²) in [6, 6.07) is -5.90. The molecule has 0 saturated carbocycles. The molecule has 5 unspecified atom stereocenters. The molecule has 0 aromatic carbocycles. The standard InChI is InChI=1S/C21H36N6O8S/c1-5-9(2)15-16(21(34)35)36-8-13(23-4)20(33)26-12(7-28)19(32)24-10(3)17(30)25-11(6-14(22)29)18(31)27-15/h9-13,15-16,23,28H,5-8H2,1-4H3,(H2,22,29)(H,24,32)(H,25,30)(H,26,33)(H,27,31)(H,34,35)/t9?,10-,11-,12?,13?,15?,16?/m0/s1. The predicted octanol–water partition coefficient (Wildman–Crippen LogP) is -3.35. The number of thioether (sulfide) groups is 1. The molecule has 1 aliphatic rings. The Morgan fingerprint density at radius 3 is 2.14 bits per heavy atom. The van der Waals surface area contributed by atoms with Crippen molar-refractivity contribution < 1.29 is 39.0 Å². The van der Waals surface area contributed by atoms with E-state index in [1.54, 1.807) is 6.92 Å². The van der Waals surface area contributed by atoms with Crippen LogP contribution >= 0.6 is 11.8 Å². The van der Waals surface area contributed by atoms with Crippen LogP contribution in [-0.2, 0) is 28.8 Å². The zero-order valence-electron chi connectivity index (χ0n) is 20.7. The zero-order chi connectivity index (χ0) is 27.6. The molecule has 15 heteroatoms. The van der Waals surface area contributed by atoms with Crippen LogP contribution in [0, 0.1) is 5.92 Å². The van der Waals surface area contributed by atoms with Crippen molar-refractivity contribution in [2.45, 2.75) is 69.1 Å². The second kappa shape index (κ2) is 14.6. The number of likely N-dealkylation sites (N-methyl/N-ethyl adjacent to an activating group) is 1. The summed E-state index contributed by atoms with van der Waals surface area (Å²) < 4.78 is 0. The van der Waals surface area contributed by atoms with E-state index in [1.165, 1.54) is 14.0 Å². The molecule has 7 atom stereocenters. The number of carbonyl (C=O) groups is 6. The average Bonchev–Trinajstić information content (AvgIpc) is 2.81.